The molecule has 2 aromatic rings. The quantitative estimate of drug-likeness (QED) is 0.838. The molecule has 92 valence electrons. The van der Waals surface area contributed by atoms with Gasteiger partial charge in [0.25, 0.3) is 5.91 Å². The maximum Gasteiger partial charge on any atom is 0.259 e. The summed E-state index contributed by atoms with van der Waals surface area (Å²) >= 11 is 0. The molecule has 2 N–H and O–H groups in total. The summed E-state index contributed by atoms with van der Waals surface area (Å²) in [6, 6.07) is 9.42. The summed E-state index contributed by atoms with van der Waals surface area (Å²) in [4.78, 5) is 14.1. The Hall–Kier alpha value is -2.07. The molecule has 0 radical (unpaired) electrons. The largest absolute Gasteiger partial charge is 0.398 e. The van der Waals surface area contributed by atoms with Crippen molar-refractivity contribution in [3.05, 3.63) is 35.9 Å². The van der Waals surface area contributed by atoms with E-state index in [0.717, 1.165) is 22.0 Å². The average molecular weight is 242 g/mol. The average Bonchev–Trinajstić information content (AvgIpc) is 2.66. The van der Waals surface area contributed by atoms with Crippen LogP contribution < -0.4 is 10.6 Å². The number of methoxy groups -OCH3 is 1. The van der Waals surface area contributed by atoms with E-state index in [1.54, 1.807) is 12.0 Å². The molecule has 1 heterocycles. The van der Waals surface area contributed by atoms with Crippen LogP contribution in [0, 0.1) is 0 Å². The zero-order valence-corrected chi connectivity index (χ0v) is 10.1. The number of benzene rings is 2. The predicted octanol–water partition coefficient (Wildman–Crippen LogP) is 2.03. The summed E-state index contributed by atoms with van der Waals surface area (Å²) in [7, 11) is 1.63. The van der Waals surface area contributed by atoms with Crippen molar-refractivity contribution in [2.75, 3.05) is 30.9 Å². The number of carbonyl (C=O) groups is 1. The third-order valence-corrected chi connectivity index (χ3v) is 3.34. The third-order valence-electron chi connectivity index (χ3n) is 3.34. The maximum absolute atomic E-state index is 12.3. The van der Waals surface area contributed by atoms with Crippen LogP contribution in [-0.2, 0) is 4.74 Å². The van der Waals surface area contributed by atoms with Crippen molar-refractivity contribution in [1.29, 1.82) is 0 Å². The molecule has 0 atom stereocenters. The molecule has 0 unspecified atom stereocenters. The fraction of sp³-hybridized carbons (Fsp3) is 0.214. The molecule has 4 heteroatoms. The standard InChI is InChI=1S/C14H14N2O2/c1-18-8-7-16-12-6-5-11(15)9-3-2-4-10(13(9)12)14(16)17/h2-6H,7-8,15H2,1H3. The van der Waals surface area contributed by atoms with Crippen LogP contribution in [-0.4, -0.2) is 26.2 Å². The molecule has 0 aliphatic carbocycles. The minimum Gasteiger partial charge on any atom is -0.398 e. The highest BCUT2D eigenvalue weighted by molar-refractivity contribution is 6.26. The van der Waals surface area contributed by atoms with E-state index in [9.17, 15) is 4.79 Å². The number of nitrogens with zero attached hydrogens (tertiary/aromatic N) is 1. The van der Waals surface area contributed by atoms with E-state index in [1.165, 1.54) is 0 Å². The minimum atomic E-state index is 0.0262. The van der Waals surface area contributed by atoms with Crippen LogP contribution in [0.2, 0.25) is 0 Å². The summed E-state index contributed by atoms with van der Waals surface area (Å²) in [5, 5.41) is 1.90. The van der Waals surface area contributed by atoms with Gasteiger partial charge in [-0.15, -0.1) is 0 Å². The Kier molecular flexibility index (Phi) is 2.45. The Morgan fingerprint density at radius 3 is 2.89 bits per heavy atom. The van der Waals surface area contributed by atoms with Crippen molar-refractivity contribution in [2.45, 2.75) is 0 Å². The number of anilines is 2. The number of rotatable bonds is 3. The van der Waals surface area contributed by atoms with Gasteiger partial charge in [-0.3, -0.25) is 4.79 Å². The first-order valence-corrected chi connectivity index (χ1v) is 5.86. The zero-order valence-electron chi connectivity index (χ0n) is 10.1. The summed E-state index contributed by atoms with van der Waals surface area (Å²) in [5.41, 5.74) is 8.32. The van der Waals surface area contributed by atoms with Gasteiger partial charge in [0.05, 0.1) is 12.3 Å². The number of nitrogen functional groups attached to an aromatic ring is 1. The highest BCUT2D eigenvalue weighted by Gasteiger charge is 2.29. The van der Waals surface area contributed by atoms with Crippen LogP contribution in [0.5, 0.6) is 0 Å². The Morgan fingerprint density at radius 1 is 1.28 bits per heavy atom. The second kappa shape index (κ2) is 3.99. The number of hydrogen-bond acceptors (Lipinski definition) is 3. The molecule has 0 saturated carbocycles. The maximum atomic E-state index is 12.3. The van der Waals surface area contributed by atoms with Crippen LogP contribution in [0.25, 0.3) is 10.8 Å². The molecule has 18 heavy (non-hydrogen) atoms. The Labute approximate surface area is 105 Å². The molecule has 0 fully saturated rings. The van der Waals surface area contributed by atoms with Gasteiger partial charge in [-0.05, 0) is 18.2 Å². The van der Waals surface area contributed by atoms with E-state index in [-0.39, 0.29) is 5.91 Å². The summed E-state index contributed by atoms with van der Waals surface area (Å²) < 4.78 is 5.05. The summed E-state index contributed by atoms with van der Waals surface area (Å²) in [6.45, 7) is 1.08. The van der Waals surface area contributed by atoms with Gasteiger partial charge in [-0.25, -0.2) is 0 Å². The van der Waals surface area contributed by atoms with Crippen molar-refractivity contribution < 1.29 is 9.53 Å². The zero-order chi connectivity index (χ0) is 12.7. The first-order chi connectivity index (χ1) is 8.74. The normalized spacial score (nSPS) is 13.6. The van der Waals surface area contributed by atoms with Crippen molar-refractivity contribution in [2.24, 2.45) is 0 Å². The number of nitrogens with two attached hydrogens (primary N) is 1. The monoisotopic (exact) mass is 242 g/mol. The van der Waals surface area contributed by atoms with Crippen LogP contribution in [0.3, 0.4) is 0 Å². The summed E-state index contributed by atoms with van der Waals surface area (Å²) in [6.07, 6.45) is 0. The summed E-state index contributed by atoms with van der Waals surface area (Å²) in [5.74, 6) is 0.0262. The molecule has 0 aromatic heterocycles. The topological polar surface area (TPSA) is 55.6 Å². The molecule has 0 saturated heterocycles. The molecule has 1 aliphatic heterocycles. The number of hydrogen-bond donors (Lipinski definition) is 1. The van der Waals surface area contributed by atoms with Gasteiger partial charge in [-0.2, -0.15) is 0 Å². The number of amides is 1. The lowest BCUT2D eigenvalue weighted by molar-refractivity contribution is 0.0982. The van der Waals surface area contributed by atoms with Crippen LogP contribution in [0.1, 0.15) is 10.4 Å². The minimum absolute atomic E-state index is 0.0262. The van der Waals surface area contributed by atoms with Crippen LogP contribution in [0.4, 0.5) is 11.4 Å². The molecule has 0 spiro atoms. The lowest BCUT2D eigenvalue weighted by Gasteiger charge is -2.17. The van der Waals surface area contributed by atoms with Crippen LogP contribution in [0.15, 0.2) is 30.3 Å². The molecule has 3 rings (SSSR count). The Balaban J connectivity index is 2.21. The van der Waals surface area contributed by atoms with Gasteiger partial charge in [-0.1, -0.05) is 12.1 Å². The Bertz CT molecular complexity index is 637. The number of carbonyl (C=O) groups excluding carboxylic acids is 1. The molecule has 2 aromatic carbocycles. The fourth-order valence-electron chi connectivity index (χ4n) is 2.47. The molecule has 0 bridgehead atoms. The van der Waals surface area contributed by atoms with Gasteiger partial charge in [0.2, 0.25) is 0 Å². The van der Waals surface area contributed by atoms with E-state index >= 15 is 0 Å². The van der Waals surface area contributed by atoms with E-state index in [0.29, 0.717) is 18.8 Å². The lowest BCUT2D eigenvalue weighted by Crippen LogP contribution is -2.30. The van der Waals surface area contributed by atoms with Gasteiger partial charge < -0.3 is 15.4 Å². The fourth-order valence-corrected chi connectivity index (χ4v) is 2.47. The number of ether oxygens (including phenoxy) is 1. The van der Waals surface area contributed by atoms with E-state index in [4.69, 9.17) is 10.5 Å². The second-order valence-corrected chi connectivity index (χ2v) is 4.35. The molecule has 1 aliphatic rings. The third kappa shape index (κ3) is 1.39. The van der Waals surface area contributed by atoms with Crippen molar-refractivity contribution in [3.63, 3.8) is 0 Å². The first kappa shape index (κ1) is 11.0. The second-order valence-electron chi connectivity index (χ2n) is 4.35. The van der Waals surface area contributed by atoms with Crippen LogP contribution >= 0.6 is 0 Å². The van der Waals surface area contributed by atoms with Gasteiger partial charge in [0, 0.05) is 35.7 Å². The smallest absolute Gasteiger partial charge is 0.259 e. The highest BCUT2D eigenvalue weighted by atomic mass is 16.5. The van der Waals surface area contributed by atoms with Crippen molar-refractivity contribution in [3.8, 4) is 0 Å². The predicted molar refractivity (Wildman–Crippen MR) is 71.9 cm³/mol. The lowest BCUT2D eigenvalue weighted by atomic mass is 10.0. The van der Waals surface area contributed by atoms with E-state index in [1.807, 2.05) is 30.3 Å². The SMILES string of the molecule is COCCN1C(=O)c2cccc3c(N)ccc1c23. The Morgan fingerprint density at radius 2 is 2.11 bits per heavy atom. The van der Waals surface area contributed by atoms with E-state index in [2.05, 4.69) is 0 Å². The molecule has 4 nitrogen and oxygen atoms in total. The molecule has 1 amide bonds. The van der Waals surface area contributed by atoms with Gasteiger partial charge in [0.15, 0.2) is 0 Å². The van der Waals surface area contributed by atoms with Crippen molar-refractivity contribution in [1.82, 2.24) is 0 Å². The molecular formula is C14H14N2O2. The van der Waals surface area contributed by atoms with Crippen molar-refractivity contribution >= 4 is 28.1 Å². The first-order valence-electron chi connectivity index (χ1n) is 5.86. The molecular weight excluding hydrogens is 228 g/mol. The van der Waals surface area contributed by atoms with Gasteiger partial charge in [0.1, 0.15) is 0 Å². The van der Waals surface area contributed by atoms with Gasteiger partial charge >= 0.3 is 0 Å². The van der Waals surface area contributed by atoms with E-state index < -0.39 is 0 Å². The highest BCUT2D eigenvalue weighted by Crippen LogP contribution is 2.39.